The fraction of sp³-hybridized carbons (Fsp3) is 0.750. The van der Waals surface area contributed by atoms with Gasteiger partial charge in [-0.05, 0) is 6.92 Å². The van der Waals surface area contributed by atoms with Gasteiger partial charge in [-0.1, -0.05) is 0 Å². The summed E-state index contributed by atoms with van der Waals surface area (Å²) < 4.78 is 4.71. The zero-order valence-corrected chi connectivity index (χ0v) is 7.66. The summed E-state index contributed by atoms with van der Waals surface area (Å²) in [5.74, 6) is -0.347. The standard InChI is InChI=1S/C8H14N2O3/c1-2-13-7(11)3-4-10-5-6(9)8(10)12/h6H,2-5,9H2,1H3. The number of nitrogens with zero attached hydrogens (tertiary/aromatic N) is 1. The molecule has 1 fully saturated rings. The molecule has 1 unspecified atom stereocenters. The first-order valence-electron chi connectivity index (χ1n) is 4.35. The van der Waals surface area contributed by atoms with Gasteiger partial charge in [-0.15, -0.1) is 0 Å². The van der Waals surface area contributed by atoms with Crippen LogP contribution in [0.2, 0.25) is 0 Å². The molecule has 0 spiro atoms. The highest BCUT2D eigenvalue weighted by Gasteiger charge is 2.33. The van der Waals surface area contributed by atoms with E-state index in [2.05, 4.69) is 0 Å². The van der Waals surface area contributed by atoms with Gasteiger partial charge in [0, 0.05) is 13.1 Å². The van der Waals surface area contributed by atoms with Crippen LogP contribution in [0, 0.1) is 0 Å². The van der Waals surface area contributed by atoms with Gasteiger partial charge in [-0.3, -0.25) is 9.59 Å². The largest absolute Gasteiger partial charge is 0.466 e. The van der Waals surface area contributed by atoms with Crippen molar-refractivity contribution in [2.24, 2.45) is 5.73 Å². The van der Waals surface area contributed by atoms with Gasteiger partial charge in [0.25, 0.3) is 0 Å². The molecule has 5 nitrogen and oxygen atoms in total. The van der Waals surface area contributed by atoms with Crippen LogP contribution >= 0.6 is 0 Å². The fourth-order valence-corrected chi connectivity index (χ4v) is 1.19. The van der Waals surface area contributed by atoms with Crippen LogP contribution in [0.25, 0.3) is 0 Å². The molecule has 1 saturated heterocycles. The Hall–Kier alpha value is -1.10. The summed E-state index contributed by atoms with van der Waals surface area (Å²) in [4.78, 5) is 23.4. The lowest BCUT2D eigenvalue weighted by molar-refractivity contribution is -0.147. The third-order valence-corrected chi connectivity index (χ3v) is 1.94. The lowest BCUT2D eigenvalue weighted by Crippen LogP contribution is -2.61. The quantitative estimate of drug-likeness (QED) is 0.456. The predicted octanol–water partition coefficient (Wildman–Crippen LogP) is -0.891. The molecule has 1 aliphatic rings. The van der Waals surface area contributed by atoms with E-state index >= 15 is 0 Å². The molecule has 5 heteroatoms. The van der Waals surface area contributed by atoms with E-state index < -0.39 is 0 Å². The Morgan fingerprint density at radius 1 is 1.77 bits per heavy atom. The second kappa shape index (κ2) is 4.23. The SMILES string of the molecule is CCOC(=O)CCN1CC(N)C1=O. The second-order valence-corrected chi connectivity index (χ2v) is 2.95. The summed E-state index contributed by atoms with van der Waals surface area (Å²) in [6.07, 6.45) is 0.256. The van der Waals surface area contributed by atoms with Crippen molar-refractivity contribution in [2.45, 2.75) is 19.4 Å². The van der Waals surface area contributed by atoms with Crippen LogP contribution in [0.5, 0.6) is 0 Å². The molecule has 0 aromatic rings. The van der Waals surface area contributed by atoms with Gasteiger partial charge in [-0.25, -0.2) is 0 Å². The Balaban J connectivity index is 2.14. The molecule has 0 radical (unpaired) electrons. The number of rotatable bonds is 4. The molecule has 0 aliphatic carbocycles. The lowest BCUT2D eigenvalue weighted by Gasteiger charge is -2.35. The van der Waals surface area contributed by atoms with E-state index in [0.29, 0.717) is 19.7 Å². The van der Waals surface area contributed by atoms with Gasteiger partial charge >= 0.3 is 5.97 Å². The van der Waals surface area contributed by atoms with E-state index in [4.69, 9.17) is 10.5 Å². The van der Waals surface area contributed by atoms with E-state index in [1.54, 1.807) is 11.8 Å². The van der Waals surface area contributed by atoms with Crippen molar-refractivity contribution < 1.29 is 14.3 Å². The van der Waals surface area contributed by atoms with Crippen molar-refractivity contribution in [1.29, 1.82) is 0 Å². The molecule has 13 heavy (non-hydrogen) atoms. The lowest BCUT2D eigenvalue weighted by atomic mass is 10.1. The number of hydrogen-bond donors (Lipinski definition) is 1. The molecule has 0 saturated carbocycles. The number of ether oxygens (including phenoxy) is 1. The van der Waals surface area contributed by atoms with Gasteiger partial charge < -0.3 is 15.4 Å². The van der Waals surface area contributed by atoms with Crippen molar-refractivity contribution >= 4 is 11.9 Å². The average molecular weight is 186 g/mol. The minimum absolute atomic E-state index is 0.0794. The molecule has 0 bridgehead atoms. The molecular weight excluding hydrogens is 172 g/mol. The second-order valence-electron chi connectivity index (χ2n) is 2.95. The number of amides is 1. The molecule has 0 aromatic heterocycles. The van der Waals surface area contributed by atoms with Crippen molar-refractivity contribution in [3.05, 3.63) is 0 Å². The molecule has 1 rings (SSSR count). The monoisotopic (exact) mass is 186 g/mol. The molecule has 0 aromatic carbocycles. The topological polar surface area (TPSA) is 72.6 Å². The van der Waals surface area contributed by atoms with Crippen LogP contribution < -0.4 is 5.73 Å². The minimum atomic E-state index is -0.359. The van der Waals surface area contributed by atoms with E-state index in [1.807, 2.05) is 0 Å². The fourth-order valence-electron chi connectivity index (χ4n) is 1.19. The maximum absolute atomic E-state index is 11.0. The van der Waals surface area contributed by atoms with Crippen molar-refractivity contribution in [3.8, 4) is 0 Å². The Morgan fingerprint density at radius 2 is 2.46 bits per heavy atom. The minimum Gasteiger partial charge on any atom is -0.466 e. The van der Waals surface area contributed by atoms with Gasteiger partial charge in [0.15, 0.2) is 0 Å². The summed E-state index contributed by atoms with van der Waals surface area (Å²) in [5.41, 5.74) is 5.37. The van der Waals surface area contributed by atoms with E-state index in [0.717, 1.165) is 0 Å². The van der Waals surface area contributed by atoms with Gasteiger partial charge in [-0.2, -0.15) is 0 Å². The van der Waals surface area contributed by atoms with E-state index in [9.17, 15) is 9.59 Å². The maximum Gasteiger partial charge on any atom is 0.307 e. The summed E-state index contributed by atoms with van der Waals surface area (Å²) >= 11 is 0. The molecule has 74 valence electrons. The molecule has 2 N–H and O–H groups in total. The smallest absolute Gasteiger partial charge is 0.307 e. The molecule has 1 aliphatic heterocycles. The highest BCUT2D eigenvalue weighted by atomic mass is 16.5. The first kappa shape index (κ1) is 9.98. The van der Waals surface area contributed by atoms with Crippen LogP contribution in [0.4, 0.5) is 0 Å². The summed E-state index contributed by atoms with van der Waals surface area (Å²) in [6.45, 7) is 3.11. The number of esters is 1. The number of nitrogens with two attached hydrogens (primary N) is 1. The van der Waals surface area contributed by atoms with Gasteiger partial charge in [0.05, 0.1) is 13.0 Å². The Morgan fingerprint density at radius 3 is 2.92 bits per heavy atom. The maximum atomic E-state index is 11.0. The Kier molecular flexibility index (Phi) is 3.25. The van der Waals surface area contributed by atoms with Crippen LogP contribution in [0.3, 0.4) is 0 Å². The number of β-lactam (4-membered cyclic amide) rings is 1. The van der Waals surface area contributed by atoms with E-state index in [1.165, 1.54) is 0 Å². The zero-order chi connectivity index (χ0) is 9.84. The summed E-state index contributed by atoms with van der Waals surface area (Å²) in [6, 6.07) is -0.359. The van der Waals surface area contributed by atoms with Crippen LogP contribution in [-0.4, -0.2) is 42.5 Å². The van der Waals surface area contributed by atoms with Crippen molar-refractivity contribution in [3.63, 3.8) is 0 Å². The first-order chi connectivity index (χ1) is 6.15. The third kappa shape index (κ3) is 2.42. The molecule has 1 amide bonds. The highest BCUT2D eigenvalue weighted by Crippen LogP contribution is 2.08. The highest BCUT2D eigenvalue weighted by molar-refractivity contribution is 5.88. The summed E-state index contributed by atoms with van der Waals surface area (Å²) in [5, 5.41) is 0. The number of hydrogen-bond acceptors (Lipinski definition) is 4. The summed E-state index contributed by atoms with van der Waals surface area (Å²) in [7, 11) is 0. The van der Waals surface area contributed by atoms with E-state index in [-0.39, 0.29) is 24.3 Å². The average Bonchev–Trinajstić information content (AvgIpc) is 2.12. The van der Waals surface area contributed by atoms with Gasteiger partial charge in [0.2, 0.25) is 5.91 Å². The third-order valence-electron chi connectivity index (χ3n) is 1.94. The normalized spacial score (nSPS) is 21.2. The Bertz CT molecular complexity index is 217. The Labute approximate surface area is 76.8 Å². The van der Waals surface area contributed by atoms with Crippen molar-refractivity contribution in [2.75, 3.05) is 19.7 Å². The molecular formula is C8H14N2O3. The number of carbonyl (C=O) groups excluding carboxylic acids is 2. The molecule has 1 atom stereocenters. The molecule has 1 heterocycles. The van der Waals surface area contributed by atoms with Gasteiger partial charge in [0.1, 0.15) is 6.04 Å². The van der Waals surface area contributed by atoms with Crippen LogP contribution in [-0.2, 0) is 14.3 Å². The van der Waals surface area contributed by atoms with Crippen LogP contribution in [0.15, 0.2) is 0 Å². The van der Waals surface area contributed by atoms with Crippen LogP contribution in [0.1, 0.15) is 13.3 Å². The number of likely N-dealkylation sites (tertiary alicyclic amines) is 1. The number of carbonyl (C=O) groups is 2. The van der Waals surface area contributed by atoms with Crippen molar-refractivity contribution in [1.82, 2.24) is 4.90 Å². The predicted molar refractivity (Wildman–Crippen MR) is 45.8 cm³/mol. The zero-order valence-electron chi connectivity index (χ0n) is 7.66. The first-order valence-corrected chi connectivity index (χ1v) is 4.35.